The summed E-state index contributed by atoms with van der Waals surface area (Å²) in [5, 5.41) is 0. The van der Waals surface area contributed by atoms with Gasteiger partial charge in [0.05, 0.1) is 6.61 Å². The molecule has 0 saturated carbocycles. The van der Waals surface area contributed by atoms with Crippen LogP contribution in [-0.4, -0.2) is 18.4 Å². The standard InChI is InChI=1S/C14H18O3/c1-4-17-14(16)12(13(15)10(2)3)11-8-6-5-7-9-11/h5-10,12H,4H2,1-3H3. The van der Waals surface area contributed by atoms with E-state index < -0.39 is 11.9 Å². The predicted octanol–water partition coefficient (Wildman–Crippen LogP) is 2.56. The van der Waals surface area contributed by atoms with Crippen molar-refractivity contribution < 1.29 is 14.3 Å². The van der Waals surface area contributed by atoms with Crippen LogP contribution in [0.5, 0.6) is 0 Å². The van der Waals surface area contributed by atoms with Gasteiger partial charge in [-0.2, -0.15) is 0 Å². The van der Waals surface area contributed by atoms with Crippen LogP contribution in [0.25, 0.3) is 0 Å². The third-order valence-corrected chi connectivity index (χ3v) is 2.51. The SMILES string of the molecule is CCOC(=O)C(C(=O)C(C)C)c1ccccc1. The zero-order valence-electron chi connectivity index (χ0n) is 10.5. The molecule has 17 heavy (non-hydrogen) atoms. The molecule has 0 fully saturated rings. The molecule has 0 aromatic heterocycles. The van der Waals surface area contributed by atoms with Gasteiger partial charge in [-0.15, -0.1) is 0 Å². The van der Waals surface area contributed by atoms with Crippen LogP contribution in [-0.2, 0) is 14.3 Å². The van der Waals surface area contributed by atoms with Crippen molar-refractivity contribution in [3.8, 4) is 0 Å². The number of carbonyl (C=O) groups excluding carboxylic acids is 2. The third-order valence-electron chi connectivity index (χ3n) is 2.51. The monoisotopic (exact) mass is 234 g/mol. The molecule has 1 aromatic rings. The maximum atomic E-state index is 12.1. The zero-order chi connectivity index (χ0) is 12.8. The molecule has 0 aliphatic carbocycles. The van der Waals surface area contributed by atoms with Gasteiger partial charge in [-0.1, -0.05) is 44.2 Å². The minimum Gasteiger partial charge on any atom is -0.465 e. The quantitative estimate of drug-likeness (QED) is 0.581. The Hall–Kier alpha value is -1.64. The number of hydrogen-bond acceptors (Lipinski definition) is 3. The molecule has 0 amide bonds. The normalized spacial score (nSPS) is 12.2. The highest BCUT2D eigenvalue weighted by Gasteiger charge is 2.30. The van der Waals surface area contributed by atoms with Gasteiger partial charge < -0.3 is 4.74 Å². The van der Waals surface area contributed by atoms with Crippen molar-refractivity contribution >= 4 is 11.8 Å². The van der Waals surface area contributed by atoms with Crippen molar-refractivity contribution in [2.45, 2.75) is 26.7 Å². The van der Waals surface area contributed by atoms with Gasteiger partial charge in [-0.05, 0) is 12.5 Å². The van der Waals surface area contributed by atoms with E-state index in [1.807, 2.05) is 18.2 Å². The van der Waals surface area contributed by atoms with Gasteiger partial charge in [0.25, 0.3) is 0 Å². The van der Waals surface area contributed by atoms with Crippen molar-refractivity contribution in [2.24, 2.45) is 5.92 Å². The van der Waals surface area contributed by atoms with Gasteiger partial charge in [-0.3, -0.25) is 9.59 Å². The molecule has 0 bridgehead atoms. The number of rotatable bonds is 5. The Morgan fingerprint density at radius 1 is 1.18 bits per heavy atom. The van der Waals surface area contributed by atoms with Crippen LogP contribution in [0.3, 0.4) is 0 Å². The summed E-state index contributed by atoms with van der Waals surface area (Å²) in [6.07, 6.45) is 0. The molecule has 0 radical (unpaired) electrons. The second-order valence-corrected chi connectivity index (χ2v) is 4.15. The number of ether oxygens (including phenoxy) is 1. The van der Waals surface area contributed by atoms with Crippen molar-refractivity contribution in [3.05, 3.63) is 35.9 Å². The van der Waals surface area contributed by atoms with Crippen LogP contribution in [0.15, 0.2) is 30.3 Å². The summed E-state index contributed by atoms with van der Waals surface area (Å²) in [5.41, 5.74) is 0.699. The Balaban J connectivity index is 3.03. The molecule has 0 saturated heterocycles. The molecule has 1 atom stereocenters. The first-order chi connectivity index (χ1) is 8.07. The van der Waals surface area contributed by atoms with Gasteiger partial charge >= 0.3 is 5.97 Å². The van der Waals surface area contributed by atoms with Gasteiger partial charge in [0.15, 0.2) is 5.78 Å². The highest BCUT2D eigenvalue weighted by molar-refractivity contribution is 6.05. The fourth-order valence-electron chi connectivity index (χ4n) is 1.62. The van der Waals surface area contributed by atoms with E-state index in [0.717, 1.165) is 0 Å². The number of ketones is 1. The Morgan fingerprint density at radius 2 is 1.76 bits per heavy atom. The highest BCUT2D eigenvalue weighted by Crippen LogP contribution is 2.22. The predicted molar refractivity (Wildman–Crippen MR) is 65.7 cm³/mol. The molecule has 0 aliphatic heterocycles. The number of carbonyl (C=O) groups is 2. The number of Topliss-reactive ketones (excluding diaryl/α,β-unsaturated/α-hetero) is 1. The number of hydrogen-bond donors (Lipinski definition) is 0. The van der Waals surface area contributed by atoms with E-state index in [4.69, 9.17) is 4.74 Å². The molecule has 1 rings (SSSR count). The Labute approximate surface area is 102 Å². The van der Waals surface area contributed by atoms with E-state index in [0.29, 0.717) is 5.56 Å². The average Bonchev–Trinajstić information content (AvgIpc) is 2.31. The van der Waals surface area contributed by atoms with E-state index in [2.05, 4.69) is 0 Å². The minimum atomic E-state index is -0.795. The minimum absolute atomic E-state index is 0.102. The average molecular weight is 234 g/mol. The number of benzene rings is 1. The molecule has 3 heteroatoms. The smallest absolute Gasteiger partial charge is 0.321 e. The fraction of sp³-hybridized carbons (Fsp3) is 0.429. The molecule has 92 valence electrons. The summed E-state index contributed by atoms with van der Waals surface area (Å²) in [4.78, 5) is 23.9. The van der Waals surface area contributed by atoms with Crippen molar-refractivity contribution in [1.29, 1.82) is 0 Å². The second kappa shape index (κ2) is 6.18. The van der Waals surface area contributed by atoms with Gasteiger partial charge in [0.1, 0.15) is 5.92 Å². The summed E-state index contributed by atoms with van der Waals surface area (Å²) in [5.74, 6) is -1.55. The first kappa shape index (κ1) is 13.4. The topological polar surface area (TPSA) is 43.4 Å². The summed E-state index contributed by atoms with van der Waals surface area (Å²) < 4.78 is 4.97. The lowest BCUT2D eigenvalue weighted by Gasteiger charge is -2.16. The Morgan fingerprint density at radius 3 is 2.24 bits per heavy atom. The van der Waals surface area contributed by atoms with E-state index >= 15 is 0 Å². The maximum Gasteiger partial charge on any atom is 0.321 e. The summed E-state index contributed by atoms with van der Waals surface area (Å²) >= 11 is 0. The third kappa shape index (κ3) is 3.41. The Bertz CT molecular complexity index is 382. The molecule has 0 spiro atoms. The summed E-state index contributed by atoms with van der Waals surface area (Å²) in [7, 11) is 0. The first-order valence-electron chi connectivity index (χ1n) is 5.83. The lowest BCUT2D eigenvalue weighted by atomic mass is 9.89. The molecular formula is C14H18O3. The lowest BCUT2D eigenvalue weighted by Crippen LogP contribution is -2.27. The van der Waals surface area contributed by atoms with Gasteiger partial charge in [0.2, 0.25) is 0 Å². The molecule has 0 N–H and O–H groups in total. The molecule has 1 aromatic carbocycles. The van der Waals surface area contributed by atoms with Gasteiger partial charge in [0, 0.05) is 5.92 Å². The summed E-state index contributed by atoms with van der Waals surface area (Å²) in [6.45, 7) is 5.60. The van der Waals surface area contributed by atoms with E-state index in [9.17, 15) is 9.59 Å². The van der Waals surface area contributed by atoms with Gasteiger partial charge in [-0.25, -0.2) is 0 Å². The maximum absolute atomic E-state index is 12.1. The largest absolute Gasteiger partial charge is 0.465 e. The van der Waals surface area contributed by atoms with Crippen LogP contribution >= 0.6 is 0 Å². The summed E-state index contributed by atoms with van der Waals surface area (Å²) in [6, 6.07) is 9.04. The molecule has 3 nitrogen and oxygen atoms in total. The van der Waals surface area contributed by atoms with Crippen LogP contribution in [0, 0.1) is 5.92 Å². The van der Waals surface area contributed by atoms with Crippen LogP contribution in [0.1, 0.15) is 32.3 Å². The van der Waals surface area contributed by atoms with Crippen molar-refractivity contribution in [3.63, 3.8) is 0 Å². The Kier molecular flexibility index (Phi) is 4.88. The van der Waals surface area contributed by atoms with Crippen LogP contribution < -0.4 is 0 Å². The fourth-order valence-corrected chi connectivity index (χ4v) is 1.62. The van der Waals surface area contributed by atoms with Crippen LogP contribution in [0.2, 0.25) is 0 Å². The first-order valence-corrected chi connectivity index (χ1v) is 5.83. The van der Waals surface area contributed by atoms with E-state index in [1.165, 1.54) is 0 Å². The lowest BCUT2D eigenvalue weighted by molar-refractivity contribution is -0.148. The molecule has 0 aliphatic rings. The van der Waals surface area contributed by atoms with E-state index in [1.54, 1.807) is 32.9 Å². The van der Waals surface area contributed by atoms with Crippen molar-refractivity contribution in [1.82, 2.24) is 0 Å². The van der Waals surface area contributed by atoms with Crippen LogP contribution in [0.4, 0.5) is 0 Å². The molecule has 0 heterocycles. The molecule has 1 unspecified atom stereocenters. The van der Waals surface area contributed by atoms with E-state index in [-0.39, 0.29) is 18.3 Å². The molecular weight excluding hydrogens is 216 g/mol. The second-order valence-electron chi connectivity index (χ2n) is 4.15. The van der Waals surface area contributed by atoms with Crippen molar-refractivity contribution in [2.75, 3.05) is 6.61 Å². The highest BCUT2D eigenvalue weighted by atomic mass is 16.5. The number of esters is 1. The zero-order valence-corrected chi connectivity index (χ0v) is 10.5.